The van der Waals surface area contributed by atoms with Crippen molar-refractivity contribution in [3.63, 3.8) is 0 Å². The molecule has 4 nitrogen and oxygen atoms in total. The van der Waals surface area contributed by atoms with Crippen LogP contribution < -0.4 is 10.1 Å². The highest BCUT2D eigenvalue weighted by atomic mass is 16.6. The monoisotopic (exact) mass is 369 g/mol. The molecule has 0 aromatic heterocycles. The van der Waals surface area contributed by atoms with Crippen molar-refractivity contribution < 1.29 is 14.3 Å². The molecule has 1 aliphatic heterocycles. The fourth-order valence-corrected chi connectivity index (χ4v) is 2.53. The van der Waals surface area contributed by atoms with E-state index in [1.54, 1.807) is 0 Å². The lowest BCUT2D eigenvalue weighted by Gasteiger charge is -2.19. The summed E-state index contributed by atoms with van der Waals surface area (Å²) in [6.07, 6.45) is 0.462. The molecule has 1 amide bonds. The minimum Gasteiger partial charge on any atom is -0.488 e. The molecule has 1 N–H and O–H groups in total. The average Bonchev–Trinajstić information content (AvgIpc) is 2.55. The minimum atomic E-state index is -0.441. The normalized spacial score (nSPS) is 12.1. The molecule has 0 spiro atoms. The molecule has 0 saturated carbocycles. The summed E-state index contributed by atoms with van der Waals surface area (Å²) < 4.78 is 10.3. The van der Waals surface area contributed by atoms with Gasteiger partial charge in [-0.25, -0.2) is 4.79 Å². The van der Waals surface area contributed by atoms with Crippen LogP contribution in [0.5, 0.6) is 5.75 Å². The van der Waals surface area contributed by atoms with Gasteiger partial charge in [0.15, 0.2) is 0 Å². The van der Waals surface area contributed by atoms with Crippen molar-refractivity contribution in [3.8, 4) is 5.75 Å². The second-order valence-electron chi connectivity index (χ2n) is 7.97. The van der Waals surface area contributed by atoms with Gasteiger partial charge in [0.25, 0.3) is 0 Å². The first-order chi connectivity index (χ1) is 12.7. The van der Waals surface area contributed by atoms with Gasteiger partial charge in [-0.2, -0.15) is 0 Å². The van der Waals surface area contributed by atoms with Crippen LogP contribution in [0.1, 0.15) is 57.2 Å². The first-order valence-electron chi connectivity index (χ1n) is 9.51. The summed E-state index contributed by atoms with van der Waals surface area (Å²) in [5, 5.41) is 2.76. The number of amides is 1. The Morgan fingerprint density at radius 2 is 1.78 bits per heavy atom. The van der Waals surface area contributed by atoms with Crippen LogP contribution in [0.3, 0.4) is 0 Å². The third kappa shape index (κ3) is 7.33. The third-order valence-corrected chi connectivity index (χ3v) is 4.08. The standard InChI is InChI=1S/C16H25NO2.C7H6O/c1-12(2)14-8-6-13(7-9-14)10-11-17-15(18)19-16(3,4)5;1-2-4-7-6(3-1)5-8-7/h6-9,12H,10-11H2,1-5H3,(H,17,18);1-4H,5H2. The fourth-order valence-electron chi connectivity index (χ4n) is 2.53. The zero-order valence-electron chi connectivity index (χ0n) is 17.0. The number of para-hydroxylation sites is 1. The van der Waals surface area contributed by atoms with Crippen molar-refractivity contribution >= 4 is 6.09 Å². The Kier molecular flexibility index (Phi) is 7.28. The van der Waals surface area contributed by atoms with Crippen molar-refractivity contribution in [2.75, 3.05) is 6.54 Å². The Labute approximate surface area is 162 Å². The van der Waals surface area contributed by atoms with Crippen molar-refractivity contribution in [1.29, 1.82) is 0 Å². The van der Waals surface area contributed by atoms with E-state index in [9.17, 15) is 4.79 Å². The number of carbonyl (C=O) groups excluding carboxylic acids is 1. The van der Waals surface area contributed by atoms with Crippen LogP contribution in [-0.4, -0.2) is 18.2 Å². The predicted molar refractivity (Wildman–Crippen MR) is 109 cm³/mol. The number of benzene rings is 2. The summed E-state index contributed by atoms with van der Waals surface area (Å²) in [4.78, 5) is 11.5. The van der Waals surface area contributed by atoms with Gasteiger partial charge in [-0.3, -0.25) is 0 Å². The van der Waals surface area contributed by atoms with E-state index in [1.807, 2.05) is 39.0 Å². The maximum absolute atomic E-state index is 11.5. The highest BCUT2D eigenvalue weighted by Crippen LogP contribution is 2.27. The molecule has 1 heterocycles. The highest BCUT2D eigenvalue weighted by molar-refractivity contribution is 5.67. The lowest BCUT2D eigenvalue weighted by atomic mass is 10.0. The van der Waals surface area contributed by atoms with Crippen LogP contribution >= 0.6 is 0 Å². The molecule has 146 valence electrons. The van der Waals surface area contributed by atoms with Gasteiger partial charge in [0.05, 0.1) is 0 Å². The number of hydrogen-bond acceptors (Lipinski definition) is 3. The number of carbonyl (C=O) groups is 1. The molecule has 3 rings (SSSR count). The van der Waals surface area contributed by atoms with Crippen molar-refractivity contribution in [2.45, 2.75) is 59.2 Å². The van der Waals surface area contributed by atoms with Gasteiger partial charge in [0.1, 0.15) is 18.0 Å². The molecule has 0 radical (unpaired) electrons. The molecule has 0 unspecified atom stereocenters. The Morgan fingerprint density at radius 3 is 2.22 bits per heavy atom. The lowest BCUT2D eigenvalue weighted by molar-refractivity contribution is 0.0528. The quantitative estimate of drug-likeness (QED) is 0.779. The first kappa shape index (κ1) is 20.8. The van der Waals surface area contributed by atoms with E-state index in [-0.39, 0.29) is 6.09 Å². The van der Waals surface area contributed by atoms with Gasteiger partial charge in [0, 0.05) is 12.1 Å². The molecule has 27 heavy (non-hydrogen) atoms. The van der Waals surface area contributed by atoms with Crippen molar-refractivity contribution in [2.24, 2.45) is 0 Å². The summed E-state index contributed by atoms with van der Waals surface area (Å²) in [6.45, 7) is 11.3. The smallest absolute Gasteiger partial charge is 0.407 e. The van der Waals surface area contributed by atoms with Crippen LogP contribution in [0.15, 0.2) is 48.5 Å². The average molecular weight is 370 g/mol. The molecule has 0 aliphatic carbocycles. The molecule has 0 atom stereocenters. The Hall–Kier alpha value is -2.49. The van der Waals surface area contributed by atoms with Crippen molar-refractivity contribution in [1.82, 2.24) is 5.32 Å². The predicted octanol–water partition coefficient (Wildman–Crippen LogP) is 5.46. The van der Waals surface area contributed by atoms with E-state index in [2.05, 4.69) is 49.5 Å². The Morgan fingerprint density at radius 1 is 1.11 bits per heavy atom. The molecular weight excluding hydrogens is 338 g/mol. The fraction of sp³-hybridized carbons (Fsp3) is 0.435. The molecule has 2 aromatic rings. The zero-order valence-corrected chi connectivity index (χ0v) is 17.0. The number of rotatable bonds is 4. The van der Waals surface area contributed by atoms with Crippen LogP contribution in [0.2, 0.25) is 0 Å². The van der Waals surface area contributed by atoms with Gasteiger partial charge < -0.3 is 14.8 Å². The molecule has 0 fully saturated rings. The van der Waals surface area contributed by atoms with Crippen LogP contribution in [0.25, 0.3) is 0 Å². The molecule has 1 aliphatic rings. The third-order valence-electron chi connectivity index (χ3n) is 4.08. The van der Waals surface area contributed by atoms with E-state index >= 15 is 0 Å². The van der Waals surface area contributed by atoms with Gasteiger partial charge in [0.2, 0.25) is 0 Å². The summed E-state index contributed by atoms with van der Waals surface area (Å²) in [5.74, 6) is 1.60. The number of fused-ring (bicyclic) bond motifs is 1. The number of hydrogen-bond donors (Lipinski definition) is 1. The second kappa shape index (κ2) is 9.45. The van der Waals surface area contributed by atoms with E-state index < -0.39 is 5.60 Å². The summed E-state index contributed by atoms with van der Waals surface area (Å²) >= 11 is 0. The van der Waals surface area contributed by atoms with E-state index in [4.69, 9.17) is 9.47 Å². The summed E-state index contributed by atoms with van der Waals surface area (Å²) in [6, 6.07) is 16.6. The highest BCUT2D eigenvalue weighted by Gasteiger charge is 2.15. The molecule has 4 heteroatoms. The van der Waals surface area contributed by atoms with E-state index in [0.29, 0.717) is 12.5 Å². The summed E-state index contributed by atoms with van der Waals surface area (Å²) in [5.41, 5.74) is 3.44. The van der Waals surface area contributed by atoms with E-state index in [0.717, 1.165) is 18.8 Å². The van der Waals surface area contributed by atoms with Crippen LogP contribution in [0.4, 0.5) is 4.79 Å². The first-order valence-corrected chi connectivity index (χ1v) is 9.51. The number of alkyl carbamates (subject to hydrolysis) is 1. The summed E-state index contributed by atoms with van der Waals surface area (Å²) in [7, 11) is 0. The zero-order chi connectivity index (χ0) is 19.9. The largest absolute Gasteiger partial charge is 0.488 e. The molecule has 2 aromatic carbocycles. The van der Waals surface area contributed by atoms with E-state index in [1.165, 1.54) is 16.7 Å². The van der Waals surface area contributed by atoms with Gasteiger partial charge in [-0.1, -0.05) is 56.3 Å². The number of nitrogens with one attached hydrogen (secondary N) is 1. The van der Waals surface area contributed by atoms with Crippen LogP contribution in [0, 0.1) is 0 Å². The molecule has 0 saturated heterocycles. The minimum absolute atomic E-state index is 0.355. The number of ether oxygens (including phenoxy) is 2. The van der Waals surface area contributed by atoms with Gasteiger partial charge in [-0.05, 0) is 50.3 Å². The van der Waals surface area contributed by atoms with Gasteiger partial charge >= 0.3 is 6.09 Å². The maximum atomic E-state index is 11.5. The Balaban J connectivity index is 0.000000266. The van der Waals surface area contributed by atoms with Gasteiger partial charge in [-0.15, -0.1) is 0 Å². The second-order valence-corrected chi connectivity index (χ2v) is 7.97. The SMILES string of the molecule is CC(C)c1ccc(CCNC(=O)OC(C)(C)C)cc1.c1ccc2c(c1)CO2. The Bertz CT molecular complexity index is 707. The van der Waals surface area contributed by atoms with Crippen LogP contribution in [-0.2, 0) is 17.8 Å². The molecular formula is C23H31NO3. The lowest BCUT2D eigenvalue weighted by Crippen LogP contribution is -2.33. The maximum Gasteiger partial charge on any atom is 0.407 e. The topological polar surface area (TPSA) is 47.6 Å². The molecule has 0 bridgehead atoms. The van der Waals surface area contributed by atoms with Crippen molar-refractivity contribution in [3.05, 3.63) is 65.2 Å².